The van der Waals surface area contributed by atoms with Gasteiger partial charge in [-0.2, -0.15) is 0 Å². The van der Waals surface area contributed by atoms with Crippen molar-refractivity contribution in [2.75, 3.05) is 0 Å². The van der Waals surface area contributed by atoms with E-state index < -0.39 is 0 Å². The summed E-state index contributed by atoms with van der Waals surface area (Å²) >= 11 is 0. The molecule has 274 valence electrons. The lowest BCUT2D eigenvalue weighted by Crippen LogP contribution is -2.67. The van der Waals surface area contributed by atoms with Crippen LogP contribution in [0.3, 0.4) is 0 Å². The minimum Gasteiger partial charge on any atom is -0.274 e. The van der Waals surface area contributed by atoms with Crippen LogP contribution in [0.25, 0.3) is 11.1 Å². The fourth-order valence-electron chi connectivity index (χ4n) is 13.2. The fraction of sp³-hybridized carbons (Fsp3) is 0.321. The largest absolute Gasteiger partial charge is 0.274 e. The number of benzene rings is 6. The highest BCUT2D eigenvalue weighted by atomic mass is 15.5. The summed E-state index contributed by atoms with van der Waals surface area (Å²) < 4.78 is 0. The van der Waals surface area contributed by atoms with Gasteiger partial charge in [0.25, 0.3) is 0 Å². The van der Waals surface area contributed by atoms with E-state index in [-0.39, 0.29) is 27.7 Å². The average Bonchev–Trinajstić information content (AvgIpc) is 3.51. The monoisotopic (exact) mass is 716 g/mol. The van der Waals surface area contributed by atoms with Gasteiger partial charge in [0.05, 0.1) is 11.1 Å². The third-order valence-electron chi connectivity index (χ3n) is 15.5. The van der Waals surface area contributed by atoms with Crippen LogP contribution in [0.2, 0.25) is 0 Å². The Labute approximate surface area is 327 Å². The number of hydrogen-bond donors (Lipinski definition) is 0. The Kier molecular flexibility index (Phi) is 7.25. The molecule has 0 spiro atoms. The Morgan fingerprint density at radius 2 is 1.00 bits per heavy atom. The van der Waals surface area contributed by atoms with Gasteiger partial charge in [-0.05, 0) is 117 Å². The Bertz CT molecular complexity index is 2400. The predicted octanol–water partition coefficient (Wildman–Crippen LogP) is 12.6. The molecular formula is C53H52N2. The summed E-state index contributed by atoms with van der Waals surface area (Å²) in [4.78, 5) is 5.88. The normalized spacial score (nSPS) is 33.1. The molecule has 6 aromatic rings. The summed E-state index contributed by atoms with van der Waals surface area (Å²) in [5.41, 5.74) is 14.4. The van der Waals surface area contributed by atoms with Crippen LogP contribution in [-0.4, -0.2) is 9.80 Å². The lowest BCUT2D eigenvalue weighted by molar-refractivity contribution is -0.148. The molecule has 0 aliphatic carbocycles. The molecule has 0 N–H and O–H groups in total. The first kappa shape index (κ1) is 33.6. The van der Waals surface area contributed by atoms with Crippen molar-refractivity contribution in [3.63, 3.8) is 0 Å². The van der Waals surface area contributed by atoms with Gasteiger partial charge < -0.3 is 0 Å². The van der Waals surface area contributed by atoms with E-state index in [9.17, 15) is 0 Å². The van der Waals surface area contributed by atoms with Gasteiger partial charge in [0, 0.05) is 22.7 Å². The van der Waals surface area contributed by atoms with Crippen LogP contribution in [0.15, 0.2) is 158 Å². The molecule has 7 atom stereocenters. The van der Waals surface area contributed by atoms with E-state index in [0.29, 0.717) is 6.04 Å². The summed E-state index contributed by atoms with van der Waals surface area (Å²) in [7, 11) is 0. The Morgan fingerprint density at radius 3 is 1.64 bits per heavy atom. The third-order valence-corrected chi connectivity index (χ3v) is 15.5. The lowest BCUT2D eigenvalue weighted by atomic mass is 9.63. The molecular weight excluding hydrogens is 665 g/mol. The molecule has 5 aliphatic heterocycles. The number of rotatable bonds is 7. The summed E-state index contributed by atoms with van der Waals surface area (Å²) in [5.74, 6) is 0. The first-order valence-electron chi connectivity index (χ1n) is 20.9. The highest BCUT2D eigenvalue weighted by Crippen LogP contribution is 2.76. The standard InChI is InChI=1S/C53H52N2/c1-38-13-10-15-42(35-38)48-21-12-30-53(46-18-8-5-9-19-46)49(3,54(48)53)43-26-22-40(23-27-43)41-24-28-45(29-25-41)51-33-31-50(44-16-6-4-7-17-44)32-34-52(37-51,55(50)51)47-20-11-14-39(2)36-47/h4-11,13-20,22-29,35-36,48H,12,21,30-34,37H2,1-3H3. The number of fused-ring (bicyclic) bond motifs is 1. The maximum Gasteiger partial charge on any atom is 0.0699 e. The molecule has 2 heteroatoms. The number of piperidine rings is 1. The van der Waals surface area contributed by atoms with Crippen molar-refractivity contribution in [1.29, 1.82) is 0 Å². The van der Waals surface area contributed by atoms with Gasteiger partial charge in [-0.25, -0.2) is 0 Å². The van der Waals surface area contributed by atoms with Crippen LogP contribution < -0.4 is 0 Å². The van der Waals surface area contributed by atoms with Crippen molar-refractivity contribution in [3.8, 4) is 11.1 Å². The van der Waals surface area contributed by atoms with E-state index in [1.165, 1.54) is 107 Å². The van der Waals surface area contributed by atoms with Gasteiger partial charge in [0.1, 0.15) is 0 Å². The van der Waals surface area contributed by atoms with Gasteiger partial charge in [0.2, 0.25) is 0 Å². The fourth-order valence-corrected chi connectivity index (χ4v) is 13.2. The van der Waals surface area contributed by atoms with Crippen molar-refractivity contribution < 1.29 is 0 Å². The van der Waals surface area contributed by atoms with Crippen molar-refractivity contribution in [1.82, 2.24) is 9.80 Å². The van der Waals surface area contributed by atoms with Crippen molar-refractivity contribution in [2.45, 2.75) is 106 Å². The second-order valence-electron chi connectivity index (χ2n) is 18.0. The van der Waals surface area contributed by atoms with E-state index in [0.717, 1.165) is 0 Å². The molecule has 5 saturated heterocycles. The van der Waals surface area contributed by atoms with Gasteiger partial charge >= 0.3 is 0 Å². The molecule has 5 fully saturated rings. The van der Waals surface area contributed by atoms with Crippen LogP contribution >= 0.6 is 0 Å². The molecule has 7 unspecified atom stereocenters. The Balaban J connectivity index is 0.923. The Hall–Kier alpha value is -4.76. The van der Waals surface area contributed by atoms with Crippen LogP contribution in [-0.2, 0) is 27.7 Å². The maximum absolute atomic E-state index is 3.01. The smallest absolute Gasteiger partial charge is 0.0699 e. The van der Waals surface area contributed by atoms with Crippen LogP contribution in [0, 0.1) is 13.8 Å². The molecule has 0 bridgehead atoms. The molecule has 2 nitrogen and oxygen atoms in total. The summed E-state index contributed by atoms with van der Waals surface area (Å²) in [5, 5.41) is 0. The Morgan fingerprint density at radius 1 is 0.473 bits per heavy atom. The zero-order valence-corrected chi connectivity index (χ0v) is 32.6. The summed E-state index contributed by atoms with van der Waals surface area (Å²) in [6.07, 6.45) is 9.72. The van der Waals surface area contributed by atoms with Crippen LogP contribution in [0.1, 0.15) is 109 Å². The number of hydrogen-bond acceptors (Lipinski definition) is 2. The third kappa shape index (κ3) is 4.44. The molecule has 5 heterocycles. The maximum atomic E-state index is 3.01. The minimum absolute atomic E-state index is 0.00562. The first-order valence-corrected chi connectivity index (χ1v) is 20.9. The quantitative estimate of drug-likeness (QED) is 0.152. The first-order chi connectivity index (χ1) is 26.8. The van der Waals surface area contributed by atoms with Gasteiger partial charge in [-0.1, -0.05) is 169 Å². The SMILES string of the molecule is Cc1cccc(C2CCCC3(c4ccccc4)N2C3(C)c2ccc(-c3ccc(C45CCC6(c7ccccc7)CCC(c7cccc(C)c7)(C4)N65)cc3)cc2)c1. The molecule has 6 aromatic carbocycles. The van der Waals surface area contributed by atoms with Gasteiger partial charge in [-0.3, -0.25) is 9.80 Å². The van der Waals surface area contributed by atoms with Crippen molar-refractivity contribution in [3.05, 3.63) is 202 Å². The van der Waals surface area contributed by atoms with Crippen LogP contribution in [0.5, 0.6) is 0 Å². The molecule has 0 aromatic heterocycles. The van der Waals surface area contributed by atoms with Crippen LogP contribution in [0.4, 0.5) is 0 Å². The van der Waals surface area contributed by atoms with Gasteiger partial charge in [0.15, 0.2) is 0 Å². The molecule has 5 aliphatic rings. The summed E-state index contributed by atoms with van der Waals surface area (Å²) in [6, 6.07) is 61.3. The predicted molar refractivity (Wildman–Crippen MR) is 225 cm³/mol. The molecule has 0 amide bonds. The highest BCUT2D eigenvalue weighted by Gasteiger charge is 2.76. The average molecular weight is 717 g/mol. The topological polar surface area (TPSA) is 6.25 Å². The lowest BCUT2D eigenvalue weighted by Gasteiger charge is -2.64. The highest BCUT2D eigenvalue weighted by molar-refractivity contribution is 5.66. The minimum atomic E-state index is -0.0711. The molecule has 11 rings (SSSR count). The zero-order valence-electron chi connectivity index (χ0n) is 32.6. The second-order valence-corrected chi connectivity index (χ2v) is 18.0. The van der Waals surface area contributed by atoms with Crippen molar-refractivity contribution >= 4 is 0 Å². The van der Waals surface area contributed by atoms with E-state index in [4.69, 9.17) is 0 Å². The van der Waals surface area contributed by atoms with Gasteiger partial charge in [-0.15, -0.1) is 0 Å². The van der Waals surface area contributed by atoms with E-state index in [1.54, 1.807) is 0 Å². The van der Waals surface area contributed by atoms with Crippen molar-refractivity contribution in [2.24, 2.45) is 0 Å². The van der Waals surface area contributed by atoms with E-state index >= 15 is 0 Å². The molecule has 55 heavy (non-hydrogen) atoms. The molecule has 0 radical (unpaired) electrons. The zero-order chi connectivity index (χ0) is 37.0. The van der Waals surface area contributed by atoms with E-state index in [1.807, 2.05) is 0 Å². The van der Waals surface area contributed by atoms with E-state index in [2.05, 4.69) is 188 Å². The second kappa shape index (κ2) is 11.9. The molecule has 0 saturated carbocycles. The summed E-state index contributed by atoms with van der Waals surface area (Å²) in [6.45, 7) is 6.99. The number of nitrogens with zero attached hydrogens (tertiary/aromatic N) is 2. The number of aryl methyl sites for hydroxylation is 2.